The minimum atomic E-state index is 0.609. The Morgan fingerprint density at radius 1 is 1.10 bits per heavy atom. The lowest BCUT2D eigenvalue weighted by molar-refractivity contribution is 0.310. The molecule has 0 amide bonds. The molecule has 0 aliphatic heterocycles. The minimum absolute atomic E-state index is 0.609. The lowest BCUT2D eigenvalue weighted by atomic mass is 10.2. The van der Waals surface area contributed by atoms with Gasteiger partial charge in [-0.3, -0.25) is 0 Å². The molecule has 3 nitrogen and oxygen atoms in total. The Balaban J connectivity index is 2.10. The number of rotatable bonds is 6. The molecular formula is C16H18ClNO2. The monoisotopic (exact) mass is 291 g/mol. The van der Waals surface area contributed by atoms with Crippen molar-refractivity contribution in [1.82, 2.24) is 0 Å². The molecule has 0 saturated heterocycles. The van der Waals surface area contributed by atoms with Gasteiger partial charge in [-0.05, 0) is 36.8 Å². The summed E-state index contributed by atoms with van der Waals surface area (Å²) < 4.78 is 10.8. The van der Waals surface area contributed by atoms with Crippen molar-refractivity contribution in [2.45, 2.75) is 13.5 Å². The van der Waals surface area contributed by atoms with Gasteiger partial charge in [0.15, 0.2) is 11.5 Å². The number of para-hydroxylation sites is 1. The van der Waals surface area contributed by atoms with Gasteiger partial charge in [-0.2, -0.15) is 0 Å². The van der Waals surface area contributed by atoms with Crippen LogP contribution in [0, 0.1) is 0 Å². The third-order valence-electron chi connectivity index (χ3n) is 2.88. The van der Waals surface area contributed by atoms with Gasteiger partial charge in [-0.25, -0.2) is 0 Å². The van der Waals surface area contributed by atoms with Crippen LogP contribution in [0.25, 0.3) is 0 Å². The number of anilines is 1. The first-order valence-corrected chi connectivity index (χ1v) is 6.90. The van der Waals surface area contributed by atoms with E-state index in [2.05, 4.69) is 5.32 Å². The minimum Gasteiger partial charge on any atom is -0.493 e. The molecule has 0 aromatic heterocycles. The van der Waals surface area contributed by atoms with Crippen LogP contribution in [-0.2, 0) is 6.54 Å². The smallest absolute Gasteiger partial charge is 0.161 e. The fourth-order valence-electron chi connectivity index (χ4n) is 1.90. The zero-order valence-corrected chi connectivity index (χ0v) is 12.4. The van der Waals surface area contributed by atoms with Crippen molar-refractivity contribution in [3.63, 3.8) is 0 Å². The molecule has 4 heteroatoms. The number of benzene rings is 2. The second-order valence-electron chi connectivity index (χ2n) is 4.25. The summed E-state index contributed by atoms with van der Waals surface area (Å²) in [6.07, 6.45) is 0. The van der Waals surface area contributed by atoms with Gasteiger partial charge in [0.1, 0.15) is 0 Å². The van der Waals surface area contributed by atoms with Crippen LogP contribution >= 0.6 is 11.6 Å². The van der Waals surface area contributed by atoms with E-state index in [1.54, 1.807) is 7.11 Å². The molecule has 2 rings (SSSR count). The molecule has 0 aliphatic rings. The third kappa shape index (κ3) is 3.58. The largest absolute Gasteiger partial charge is 0.493 e. The molecule has 2 aromatic carbocycles. The molecule has 106 valence electrons. The van der Waals surface area contributed by atoms with E-state index in [-0.39, 0.29) is 0 Å². The molecule has 0 radical (unpaired) electrons. The normalized spacial score (nSPS) is 10.2. The molecule has 0 unspecified atom stereocenters. The predicted octanol–water partition coefficient (Wildman–Crippen LogP) is 4.36. The third-order valence-corrected chi connectivity index (χ3v) is 3.21. The van der Waals surface area contributed by atoms with E-state index in [0.29, 0.717) is 18.2 Å². The van der Waals surface area contributed by atoms with E-state index in [1.807, 2.05) is 49.4 Å². The maximum absolute atomic E-state index is 6.11. The summed E-state index contributed by atoms with van der Waals surface area (Å²) in [6, 6.07) is 13.6. The number of hydrogen-bond donors (Lipinski definition) is 1. The Morgan fingerprint density at radius 3 is 2.60 bits per heavy atom. The Labute approximate surface area is 124 Å². The molecule has 0 bridgehead atoms. The maximum Gasteiger partial charge on any atom is 0.161 e. The average molecular weight is 292 g/mol. The number of halogens is 1. The fraction of sp³-hybridized carbons (Fsp3) is 0.250. The summed E-state index contributed by atoms with van der Waals surface area (Å²) >= 11 is 6.11. The van der Waals surface area contributed by atoms with Crippen LogP contribution in [0.1, 0.15) is 12.5 Å². The Morgan fingerprint density at radius 2 is 1.90 bits per heavy atom. The zero-order valence-electron chi connectivity index (χ0n) is 11.7. The van der Waals surface area contributed by atoms with Gasteiger partial charge in [0.25, 0.3) is 0 Å². The topological polar surface area (TPSA) is 30.5 Å². The Bertz CT molecular complexity index is 572. The van der Waals surface area contributed by atoms with Crippen molar-refractivity contribution in [3.05, 3.63) is 53.1 Å². The van der Waals surface area contributed by atoms with E-state index in [0.717, 1.165) is 22.7 Å². The number of methoxy groups -OCH3 is 1. The molecule has 0 saturated carbocycles. The van der Waals surface area contributed by atoms with Crippen LogP contribution in [0.15, 0.2) is 42.5 Å². The summed E-state index contributed by atoms with van der Waals surface area (Å²) in [6.45, 7) is 3.24. The van der Waals surface area contributed by atoms with Gasteiger partial charge in [0.2, 0.25) is 0 Å². The number of ether oxygens (including phenoxy) is 2. The number of hydrogen-bond acceptors (Lipinski definition) is 3. The lowest BCUT2D eigenvalue weighted by Crippen LogP contribution is -2.02. The maximum atomic E-state index is 6.11. The Hall–Kier alpha value is -1.87. The van der Waals surface area contributed by atoms with E-state index in [1.165, 1.54) is 0 Å². The average Bonchev–Trinajstić information content (AvgIpc) is 2.47. The van der Waals surface area contributed by atoms with Crippen LogP contribution in [0.2, 0.25) is 5.02 Å². The summed E-state index contributed by atoms with van der Waals surface area (Å²) in [5, 5.41) is 4.02. The van der Waals surface area contributed by atoms with E-state index in [4.69, 9.17) is 21.1 Å². The van der Waals surface area contributed by atoms with Gasteiger partial charge < -0.3 is 14.8 Å². The molecule has 20 heavy (non-hydrogen) atoms. The molecular weight excluding hydrogens is 274 g/mol. The van der Waals surface area contributed by atoms with Crippen molar-refractivity contribution in [2.75, 3.05) is 19.0 Å². The lowest BCUT2D eigenvalue weighted by Gasteiger charge is -2.12. The fourth-order valence-corrected chi connectivity index (χ4v) is 2.10. The zero-order chi connectivity index (χ0) is 14.4. The summed E-state index contributed by atoms with van der Waals surface area (Å²) in [5.41, 5.74) is 2.03. The molecule has 1 N–H and O–H groups in total. The van der Waals surface area contributed by atoms with E-state index in [9.17, 15) is 0 Å². The van der Waals surface area contributed by atoms with Crippen LogP contribution in [-0.4, -0.2) is 13.7 Å². The van der Waals surface area contributed by atoms with Gasteiger partial charge >= 0.3 is 0 Å². The van der Waals surface area contributed by atoms with E-state index >= 15 is 0 Å². The van der Waals surface area contributed by atoms with Crippen molar-refractivity contribution in [1.29, 1.82) is 0 Å². The summed E-state index contributed by atoms with van der Waals surface area (Å²) in [4.78, 5) is 0. The van der Waals surface area contributed by atoms with Crippen LogP contribution in [0.3, 0.4) is 0 Å². The molecule has 0 fully saturated rings. The van der Waals surface area contributed by atoms with Crippen molar-refractivity contribution in [2.24, 2.45) is 0 Å². The first-order chi connectivity index (χ1) is 9.74. The summed E-state index contributed by atoms with van der Waals surface area (Å²) in [7, 11) is 1.64. The highest BCUT2D eigenvalue weighted by Gasteiger charge is 2.05. The highest BCUT2D eigenvalue weighted by Crippen LogP contribution is 2.29. The van der Waals surface area contributed by atoms with Gasteiger partial charge in [0, 0.05) is 6.54 Å². The standard InChI is InChI=1S/C16H18ClNO2/c1-3-20-16-10-12(8-9-15(16)19-2)11-18-14-7-5-4-6-13(14)17/h4-10,18H,3,11H2,1-2H3. The van der Waals surface area contributed by atoms with E-state index < -0.39 is 0 Å². The molecule has 0 spiro atoms. The molecule has 0 aliphatic carbocycles. The highest BCUT2D eigenvalue weighted by molar-refractivity contribution is 6.33. The van der Waals surface area contributed by atoms with Gasteiger partial charge in [-0.1, -0.05) is 29.8 Å². The molecule has 2 aromatic rings. The molecule has 0 heterocycles. The van der Waals surface area contributed by atoms with Gasteiger partial charge in [0.05, 0.1) is 24.4 Å². The quantitative estimate of drug-likeness (QED) is 0.858. The first-order valence-electron chi connectivity index (χ1n) is 6.52. The van der Waals surface area contributed by atoms with Gasteiger partial charge in [-0.15, -0.1) is 0 Å². The molecule has 0 atom stereocenters. The highest BCUT2D eigenvalue weighted by atomic mass is 35.5. The van der Waals surface area contributed by atoms with Crippen molar-refractivity contribution >= 4 is 17.3 Å². The second kappa shape index (κ2) is 7.06. The SMILES string of the molecule is CCOc1cc(CNc2ccccc2Cl)ccc1OC. The number of nitrogens with one attached hydrogen (secondary N) is 1. The predicted molar refractivity (Wildman–Crippen MR) is 82.9 cm³/mol. The van der Waals surface area contributed by atoms with Crippen molar-refractivity contribution in [3.8, 4) is 11.5 Å². The summed E-state index contributed by atoms with van der Waals surface area (Å²) in [5.74, 6) is 1.50. The van der Waals surface area contributed by atoms with Crippen LogP contribution < -0.4 is 14.8 Å². The van der Waals surface area contributed by atoms with Crippen LogP contribution in [0.5, 0.6) is 11.5 Å². The first kappa shape index (κ1) is 14.5. The van der Waals surface area contributed by atoms with Crippen LogP contribution in [0.4, 0.5) is 5.69 Å². The Kier molecular flexibility index (Phi) is 5.13. The second-order valence-corrected chi connectivity index (χ2v) is 4.66. The van der Waals surface area contributed by atoms with Crippen molar-refractivity contribution < 1.29 is 9.47 Å².